The lowest BCUT2D eigenvalue weighted by Crippen LogP contribution is -2.29. The van der Waals surface area contributed by atoms with Crippen molar-refractivity contribution in [3.05, 3.63) is 34.6 Å². The zero-order valence-electron chi connectivity index (χ0n) is 16.0. The molecule has 1 N–H and O–H groups in total. The highest BCUT2D eigenvalue weighted by Gasteiger charge is 2.15. The van der Waals surface area contributed by atoms with Crippen molar-refractivity contribution in [1.29, 1.82) is 0 Å². The smallest absolute Gasteiger partial charge is 0.122 e. The highest BCUT2D eigenvalue weighted by Crippen LogP contribution is 2.27. The van der Waals surface area contributed by atoms with Gasteiger partial charge in [0.1, 0.15) is 5.76 Å². The highest BCUT2D eigenvalue weighted by atomic mass is 16.5. The molecule has 2 heteroatoms. The third kappa shape index (κ3) is 7.39. The first kappa shape index (κ1) is 20.0. The van der Waals surface area contributed by atoms with E-state index in [-0.39, 0.29) is 0 Å². The Balaban J connectivity index is 2.44. The minimum absolute atomic E-state index is 0.369. The topological polar surface area (TPSA) is 21.3 Å². The molecule has 0 bridgehead atoms. The molecule has 0 aliphatic heterocycles. The van der Waals surface area contributed by atoms with Gasteiger partial charge in [0.25, 0.3) is 0 Å². The van der Waals surface area contributed by atoms with Gasteiger partial charge in [0, 0.05) is 6.04 Å². The van der Waals surface area contributed by atoms with Crippen LogP contribution in [0.4, 0.5) is 0 Å². The van der Waals surface area contributed by atoms with Crippen LogP contribution in [-0.4, -0.2) is 19.7 Å². The van der Waals surface area contributed by atoms with E-state index in [1.165, 1.54) is 55.2 Å². The van der Waals surface area contributed by atoms with Gasteiger partial charge in [-0.3, -0.25) is 0 Å². The van der Waals surface area contributed by atoms with Gasteiger partial charge in [-0.15, -0.1) is 0 Å². The molecule has 2 nitrogen and oxygen atoms in total. The van der Waals surface area contributed by atoms with Crippen LogP contribution < -0.4 is 5.32 Å². The summed E-state index contributed by atoms with van der Waals surface area (Å²) in [6.07, 6.45) is 14.8. The van der Waals surface area contributed by atoms with Crippen LogP contribution in [0.1, 0.15) is 79.1 Å². The second kappa shape index (κ2) is 11.5. The van der Waals surface area contributed by atoms with E-state index in [1.54, 1.807) is 7.11 Å². The van der Waals surface area contributed by atoms with Crippen LogP contribution in [0.15, 0.2) is 34.6 Å². The van der Waals surface area contributed by atoms with Crippen LogP contribution in [0.3, 0.4) is 0 Å². The van der Waals surface area contributed by atoms with E-state index in [1.807, 2.05) is 0 Å². The lowest BCUT2D eigenvalue weighted by atomic mass is 9.94. The summed E-state index contributed by atoms with van der Waals surface area (Å²) in [5.41, 5.74) is 4.11. The van der Waals surface area contributed by atoms with Gasteiger partial charge in [-0.25, -0.2) is 0 Å². The Hall–Kier alpha value is -1.02. The zero-order chi connectivity index (χ0) is 17.1. The molecule has 1 atom stereocenters. The molecule has 0 amide bonds. The molecule has 0 heterocycles. The fourth-order valence-electron chi connectivity index (χ4n) is 3.05. The van der Waals surface area contributed by atoms with Crippen molar-refractivity contribution >= 4 is 0 Å². The second-order valence-electron chi connectivity index (χ2n) is 6.86. The molecule has 0 aromatic rings. The predicted octanol–water partition coefficient (Wildman–Crippen LogP) is 5.91. The zero-order valence-corrected chi connectivity index (χ0v) is 16.0. The Labute approximate surface area is 144 Å². The number of hydrogen-bond donors (Lipinski definition) is 1. The van der Waals surface area contributed by atoms with Gasteiger partial charge in [-0.05, 0) is 57.7 Å². The van der Waals surface area contributed by atoms with Gasteiger partial charge in [-0.2, -0.15) is 0 Å². The van der Waals surface area contributed by atoms with Gasteiger partial charge < -0.3 is 10.1 Å². The molecule has 23 heavy (non-hydrogen) atoms. The monoisotopic (exact) mass is 319 g/mol. The number of methoxy groups -OCH3 is 1. The van der Waals surface area contributed by atoms with Gasteiger partial charge in [0.2, 0.25) is 0 Å². The van der Waals surface area contributed by atoms with Crippen molar-refractivity contribution in [2.45, 2.75) is 85.1 Å². The molecule has 1 aliphatic rings. The molecule has 0 saturated carbocycles. The van der Waals surface area contributed by atoms with E-state index in [0.29, 0.717) is 6.04 Å². The van der Waals surface area contributed by atoms with Gasteiger partial charge in [0.05, 0.1) is 7.11 Å². The highest BCUT2D eigenvalue weighted by molar-refractivity contribution is 5.38. The van der Waals surface area contributed by atoms with E-state index in [9.17, 15) is 0 Å². The molecule has 0 aromatic heterocycles. The lowest BCUT2D eigenvalue weighted by Gasteiger charge is -2.21. The first-order valence-electron chi connectivity index (χ1n) is 9.45. The largest absolute Gasteiger partial charge is 0.496 e. The SMILES string of the molecule is CCCCCCCCNC(C)/C(C)=C(/OC)C1=CC=C(C)CC1. The average Bonchev–Trinajstić information content (AvgIpc) is 2.56. The molecule has 0 saturated heterocycles. The van der Waals surface area contributed by atoms with E-state index < -0.39 is 0 Å². The summed E-state index contributed by atoms with van der Waals surface area (Å²) in [4.78, 5) is 0. The first-order valence-corrected chi connectivity index (χ1v) is 9.45. The van der Waals surface area contributed by atoms with E-state index in [2.05, 4.69) is 45.2 Å². The number of rotatable bonds is 11. The third-order valence-electron chi connectivity index (χ3n) is 4.84. The molecule has 1 rings (SSSR count). The maximum absolute atomic E-state index is 5.72. The molecule has 0 radical (unpaired) electrons. The second-order valence-corrected chi connectivity index (χ2v) is 6.86. The predicted molar refractivity (Wildman–Crippen MR) is 102 cm³/mol. The Morgan fingerprint density at radius 3 is 2.43 bits per heavy atom. The molecular weight excluding hydrogens is 282 g/mol. The van der Waals surface area contributed by atoms with Crippen LogP contribution >= 0.6 is 0 Å². The fraction of sp³-hybridized carbons (Fsp3) is 0.714. The van der Waals surface area contributed by atoms with Gasteiger partial charge in [-0.1, -0.05) is 56.8 Å². The van der Waals surface area contributed by atoms with E-state index >= 15 is 0 Å². The molecular formula is C21H37NO. The number of nitrogens with one attached hydrogen (secondary N) is 1. The Morgan fingerprint density at radius 2 is 1.83 bits per heavy atom. The minimum atomic E-state index is 0.369. The van der Waals surface area contributed by atoms with Crippen molar-refractivity contribution in [3.63, 3.8) is 0 Å². The van der Waals surface area contributed by atoms with E-state index in [0.717, 1.165) is 25.1 Å². The van der Waals surface area contributed by atoms with Crippen LogP contribution in [0.2, 0.25) is 0 Å². The first-order chi connectivity index (χ1) is 11.1. The summed E-state index contributed by atoms with van der Waals surface area (Å²) in [6.45, 7) is 10.0. The summed E-state index contributed by atoms with van der Waals surface area (Å²) < 4.78 is 5.72. The van der Waals surface area contributed by atoms with Gasteiger partial charge >= 0.3 is 0 Å². The van der Waals surface area contributed by atoms with Crippen molar-refractivity contribution < 1.29 is 4.74 Å². The van der Waals surface area contributed by atoms with E-state index in [4.69, 9.17) is 4.74 Å². The summed E-state index contributed by atoms with van der Waals surface area (Å²) in [5.74, 6) is 1.08. The Bertz CT molecular complexity index is 431. The minimum Gasteiger partial charge on any atom is -0.496 e. The quantitative estimate of drug-likeness (QED) is 0.377. The van der Waals surface area contributed by atoms with Crippen LogP contribution in [0, 0.1) is 0 Å². The van der Waals surface area contributed by atoms with Gasteiger partial charge in [0.15, 0.2) is 0 Å². The van der Waals surface area contributed by atoms with Crippen LogP contribution in [-0.2, 0) is 4.74 Å². The molecule has 1 unspecified atom stereocenters. The standard InChI is InChI=1S/C21H37NO/c1-6-7-8-9-10-11-16-22-19(4)18(3)21(23-5)20-14-12-17(2)13-15-20/h12,14,19,22H,6-11,13,15-16H2,1-5H3/b21-18+. The summed E-state index contributed by atoms with van der Waals surface area (Å²) in [5, 5.41) is 3.66. The lowest BCUT2D eigenvalue weighted by molar-refractivity contribution is 0.289. The number of hydrogen-bond acceptors (Lipinski definition) is 2. The number of unbranched alkanes of at least 4 members (excludes halogenated alkanes) is 5. The number of allylic oxidation sites excluding steroid dienone is 4. The molecule has 1 aliphatic carbocycles. The molecule has 0 spiro atoms. The number of ether oxygens (including phenoxy) is 1. The van der Waals surface area contributed by atoms with Crippen LogP contribution in [0.5, 0.6) is 0 Å². The molecule has 0 aromatic carbocycles. The van der Waals surface area contributed by atoms with Crippen molar-refractivity contribution in [3.8, 4) is 0 Å². The van der Waals surface area contributed by atoms with Crippen molar-refractivity contribution in [2.75, 3.05) is 13.7 Å². The maximum Gasteiger partial charge on any atom is 0.122 e. The summed E-state index contributed by atoms with van der Waals surface area (Å²) in [7, 11) is 1.80. The summed E-state index contributed by atoms with van der Waals surface area (Å²) in [6, 6.07) is 0.369. The summed E-state index contributed by atoms with van der Waals surface area (Å²) >= 11 is 0. The Morgan fingerprint density at radius 1 is 1.13 bits per heavy atom. The van der Waals surface area contributed by atoms with Crippen molar-refractivity contribution in [1.82, 2.24) is 5.32 Å². The van der Waals surface area contributed by atoms with Crippen molar-refractivity contribution in [2.24, 2.45) is 0 Å². The fourth-order valence-corrected chi connectivity index (χ4v) is 3.05. The average molecular weight is 320 g/mol. The molecule has 132 valence electrons. The molecule has 0 fully saturated rings. The normalized spacial score (nSPS) is 17.3. The van der Waals surface area contributed by atoms with Crippen LogP contribution in [0.25, 0.3) is 0 Å². The maximum atomic E-state index is 5.72. The third-order valence-corrected chi connectivity index (χ3v) is 4.84. The Kier molecular flexibility index (Phi) is 10.0.